The number of benzene rings is 1. The number of aromatic nitrogens is 3. The van der Waals surface area contributed by atoms with Gasteiger partial charge in [0.15, 0.2) is 0 Å². The van der Waals surface area contributed by atoms with Crippen LogP contribution in [0.4, 0.5) is 19.1 Å². The number of carbonyl (C=O) groups excluding carboxylic acids is 1. The Hall–Kier alpha value is -2.66. The Morgan fingerprint density at radius 3 is 2.77 bits per heavy atom. The van der Waals surface area contributed by atoms with Crippen LogP contribution in [0.5, 0.6) is 5.75 Å². The van der Waals surface area contributed by atoms with Gasteiger partial charge in [0.2, 0.25) is 11.9 Å². The van der Waals surface area contributed by atoms with Gasteiger partial charge >= 0.3 is 6.36 Å². The summed E-state index contributed by atoms with van der Waals surface area (Å²) >= 11 is 0. The number of rotatable bonds is 8. The first-order chi connectivity index (χ1) is 14.3. The highest BCUT2D eigenvalue weighted by Crippen LogP contribution is 2.52. The molecule has 8 nitrogen and oxygen atoms in total. The molecule has 1 N–H and O–H groups in total. The minimum atomic E-state index is -4.70. The van der Waals surface area contributed by atoms with Crippen molar-refractivity contribution in [2.24, 2.45) is 24.8 Å². The minimum Gasteiger partial charge on any atom is -0.658 e. The summed E-state index contributed by atoms with van der Waals surface area (Å²) in [5.74, 6) is 1.46. The summed E-state index contributed by atoms with van der Waals surface area (Å²) in [7, 11) is 1.73. The van der Waals surface area contributed by atoms with Crippen LogP contribution < -0.4 is 10.1 Å². The van der Waals surface area contributed by atoms with Gasteiger partial charge in [-0.05, 0) is 24.0 Å². The maximum Gasteiger partial charge on any atom is 0.573 e. The molecule has 2 heterocycles. The average molecular weight is 423 g/mol. The summed E-state index contributed by atoms with van der Waals surface area (Å²) in [5, 5.41) is 11.2. The van der Waals surface area contributed by atoms with Crippen LogP contribution in [0.15, 0.2) is 30.6 Å². The lowest BCUT2D eigenvalue weighted by molar-refractivity contribution is -0.274. The van der Waals surface area contributed by atoms with Crippen molar-refractivity contribution in [2.75, 3.05) is 31.5 Å². The second-order valence-electron chi connectivity index (χ2n) is 7.74. The summed E-state index contributed by atoms with van der Waals surface area (Å²) < 4.78 is 42.4. The monoisotopic (exact) mass is 423 g/mol. The van der Waals surface area contributed by atoms with Crippen molar-refractivity contribution in [1.29, 1.82) is 0 Å². The van der Waals surface area contributed by atoms with Gasteiger partial charge in [-0.25, -0.2) is 4.98 Å². The third-order valence-electron chi connectivity index (χ3n) is 5.43. The normalized spacial score (nSPS) is 23.3. The van der Waals surface area contributed by atoms with Crippen LogP contribution in [0, 0.1) is 17.8 Å². The van der Waals surface area contributed by atoms with Crippen LogP contribution in [0.1, 0.15) is 5.56 Å². The number of fused-ring (bicyclic) bond motifs is 1. The molecule has 30 heavy (non-hydrogen) atoms. The van der Waals surface area contributed by atoms with Crippen molar-refractivity contribution in [3.8, 4) is 5.75 Å². The third kappa shape index (κ3) is 5.28. The Kier molecular flexibility index (Phi) is 5.65. The Labute approximate surface area is 171 Å². The molecule has 0 radical (unpaired) electrons. The second kappa shape index (κ2) is 8.23. The predicted molar refractivity (Wildman–Crippen MR) is 102 cm³/mol. The van der Waals surface area contributed by atoms with Crippen LogP contribution in [-0.4, -0.2) is 58.1 Å². The molecule has 1 saturated carbocycles. The summed E-state index contributed by atoms with van der Waals surface area (Å²) in [6.07, 6.45) is -3.17. The van der Waals surface area contributed by atoms with E-state index in [4.69, 9.17) is 0 Å². The van der Waals surface area contributed by atoms with E-state index in [1.54, 1.807) is 13.1 Å². The standard InChI is InChI=1S/C19H22F3N6O2/c1-27-11-24-18(26-27)25-17(29)10-28-8-15-14(16(15)9-28)7-23-6-12-3-2-4-13(5-12)30-19(20,21)22/h2-5,11,14-16H,6-10H2,1H3,(H,25,26,29)/q-1. The molecule has 0 spiro atoms. The van der Waals surface area contributed by atoms with Gasteiger partial charge in [0.1, 0.15) is 12.1 Å². The zero-order valence-electron chi connectivity index (χ0n) is 16.3. The molecule has 2 atom stereocenters. The predicted octanol–water partition coefficient (Wildman–Crippen LogP) is 2.40. The van der Waals surface area contributed by atoms with Gasteiger partial charge in [0, 0.05) is 20.1 Å². The number of halogens is 3. The number of nitrogens with one attached hydrogen (secondary N) is 1. The molecule has 1 aromatic heterocycles. The quantitative estimate of drug-likeness (QED) is 0.705. The van der Waals surface area contributed by atoms with E-state index in [2.05, 4.69) is 30.4 Å². The van der Waals surface area contributed by atoms with Crippen molar-refractivity contribution in [3.05, 3.63) is 41.5 Å². The number of nitrogens with zero attached hydrogens (tertiary/aromatic N) is 5. The number of alkyl halides is 3. The maximum atomic E-state index is 12.3. The van der Waals surface area contributed by atoms with Crippen LogP contribution in [0.3, 0.4) is 0 Å². The van der Waals surface area contributed by atoms with E-state index >= 15 is 0 Å². The van der Waals surface area contributed by atoms with E-state index in [-0.39, 0.29) is 11.7 Å². The minimum absolute atomic E-state index is 0.135. The molecule has 11 heteroatoms. The highest BCUT2D eigenvalue weighted by molar-refractivity contribution is 5.90. The molecule has 1 amide bonds. The SMILES string of the molecule is Cn1cnc(NC(=O)CN2CC3C(C[N-]Cc4cccc(OC(F)(F)F)c4)C3C2)n1. The molecular formula is C19H22F3N6O2-. The number of hydrogen-bond acceptors (Lipinski definition) is 5. The molecule has 1 saturated heterocycles. The van der Waals surface area contributed by atoms with Gasteiger partial charge in [0.25, 0.3) is 0 Å². The number of likely N-dealkylation sites (tertiary alicyclic amines) is 1. The number of ether oxygens (including phenoxy) is 1. The molecular weight excluding hydrogens is 401 g/mol. The zero-order valence-corrected chi connectivity index (χ0v) is 16.3. The Morgan fingerprint density at radius 2 is 2.10 bits per heavy atom. The van der Waals surface area contributed by atoms with Crippen LogP contribution in [0.2, 0.25) is 0 Å². The van der Waals surface area contributed by atoms with Gasteiger partial charge in [-0.1, -0.05) is 23.6 Å². The second-order valence-corrected chi connectivity index (χ2v) is 7.74. The number of piperidine rings is 1. The first-order valence-electron chi connectivity index (χ1n) is 9.62. The Balaban J connectivity index is 1.15. The lowest BCUT2D eigenvalue weighted by atomic mass is 10.2. The number of amides is 1. The molecule has 2 fully saturated rings. The summed E-state index contributed by atoms with van der Waals surface area (Å²) in [6, 6.07) is 5.90. The first-order valence-corrected chi connectivity index (χ1v) is 9.62. The van der Waals surface area contributed by atoms with Crippen molar-refractivity contribution >= 4 is 11.9 Å². The molecule has 1 aliphatic heterocycles. The third-order valence-corrected chi connectivity index (χ3v) is 5.43. The van der Waals surface area contributed by atoms with Gasteiger partial charge in [-0.15, -0.1) is 31.4 Å². The van der Waals surface area contributed by atoms with Crippen LogP contribution in [0.25, 0.3) is 5.32 Å². The Morgan fingerprint density at radius 1 is 1.33 bits per heavy atom. The molecule has 1 aliphatic carbocycles. The van der Waals surface area contributed by atoms with E-state index in [1.807, 2.05) is 0 Å². The van der Waals surface area contributed by atoms with Gasteiger partial charge < -0.3 is 10.1 Å². The molecule has 2 aliphatic rings. The zero-order chi connectivity index (χ0) is 21.3. The summed E-state index contributed by atoms with van der Waals surface area (Å²) in [6.45, 7) is 3.04. The number of anilines is 1. The first kappa shape index (κ1) is 20.6. The molecule has 162 valence electrons. The fourth-order valence-electron chi connectivity index (χ4n) is 4.08. The fraction of sp³-hybridized carbons (Fsp3) is 0.526. The van der Waals surface area contributed by atoms with E-state index in [0.29, 0.717) is 48.9 Å². The smallest absolute Gasteiger partial charge is 0.573 e. The average Bonchev–Trinajstić information content (AvgIpc) is 2.96. The largest absolute Gasteiger partial charge is 0.658 e. The van der Waals surface area contributed by atoms with Crippen molar-refractivity contribution in [1.82, 2.24) is 19.7 Å². The number of hydrogen-bond donors (Lipinski definition) is 1. The van der Waals surface area contributed by atoms with E-state index in [1.165, 1.54) is 29.2 Å². The highest BCUT2D eigenvalue weighted by Gasteiger charge is 2.53. The molecule has 0 bridgehead atoms. The number of aryl methyl sites for hydroxylation is 1. The maximum absolute atomic E-state index is 12.3. The lowest BCUT2D eigenvalue weighted by Crippen LogP contribution is -2.34. The lowest BCUT2D eigenvalue weighted by Gasteiger charge is -2.23. The van der Waals surface area contributed by atoms with E-state index in [0.717, 1.165) is 13.1 Å². The Bertz CT molecular complexity index is 890. The molecule has 2 unspecified atom stereocenters. The van der Waals surface area contributed by atoms with Gasteiger partial charge in [-0.2, -0.15) is 0 Å². The van der Waals surface area contributed by atoms with Crippen molar-refractivity contribution < 1.29 is 22.7 Å². The van der Waals surface area contributed by atoms with Crippen molar-refractivity contribution in [3.63, 3.8) is 0 Å². The number of carbonyl (C=O) groups is 1. The van der Waals surface area contributed by atoms with E-state index < -0.39 is 6.36 Å². The molecule has 1 aromatic carbocycles. The van der Waals surface area contributed by atoms with Crippen molar-refractivity contribution in [2.45, 2.75) is 12.9 Å². The van der Waals surface area contributed by atoms with Gasteiger partial charge in [0.05, 0.1) is 6.54 Å². The fourth-order valence-corrected chi connectivity index (χ4v) is 4.08. The highest BCUT2D eigenvalue weighted by atomic mass is 19.4. The van der Waals surface area contributed by atoms with Crippen LogP contribution >= 0.6 is 0 Å². The van der Waals surface area contributed by atoms with Crippen LogP contribution in [-0.2, 0) is 18.4 Å². The van der Waals surface area contributed by atoms with E-state index in [9.17, 15) is 18.0 Å². The summed E-state index contributed by atoms with van der Waals surface area (Å²) in [5.41, 5.74) is 0.684. The summed E-state index contributed by atoms with van der Waals surface area (Å²) in [4.78, 5) is 18.2. The topological polar surface area (TPSA) is 86.4 Å². The molecule has 2 aromatic rings. The van der Waals surface area contributed by atoms with Gasteiger partial charge in [-0.3, -0.25) is 19.7 Å². The molecule has 4 rings (SSSR count).